The van der Waals surface area contributed by atoms with Crippen molar-refractivity contribution in [1.29, 1.82) is 0 Å². The van der Waals surface area contributed by atoms with Gasteiger partial charge in [-0.05, 0) is 55.5 Å². The minimum absolute atomic E-state index is 0.0771. The lowest BCUT2D eigenvalue weighted by molar-refractivity contribution is -0.128. The van der Waals surface area contributed by atoms with Crippen molar-refractivity contribution in [2.24, 2.45) is 5.41 Å². The topological polar surface area (TPSA) is 49.3 Å². The molecule has 132 valence electrons. The molecule has 25 heavy (non-hydrogen) atoms. The summed E-state index contributed by atoms with van der Waals surface area (Å²) in [7, 11) is 0. The summed E-state index contributed by atoms with van der Waals surface area (Å²) in [6, 6.07) is 12.3. The van der Waals surface area contributed by atoms with Gasteiger partial charge in [-0.1, -0.05) is 35.9 Å². The van der Waals surface area contributed by atoms with E-state index in [4.69, 9.17) is 11.6 Å². The second-order valence-corrected chi connectivity index (χ2v) is 7.39. The standard InChI is InChI=1S/C20H21ClFNO2/c1-20(12-24)11-16(23-19(20)25)8-4-13-2-5-14(6-3-13)17-10-15(21)7-9-18(17)22/h2-3,5-7,9-10,16,24H,4,8,11-12H2,1H3,(H,23,25)/t16-,20+/m1/s1. The number of hydrogen-bond acceptors (Lipinski definition) is 2. The minimum Gasteiger partial charge on any atom is -0.395 e. The van der Waals surface area contributed by atoms with Crippen LogP contribution in [-0.2, 0) is 11.2 Å². The molecule has 2 aromatic rings. The number of rotatable bonds is 5. The van der Waals surface area contributed by atoms with Crippen LogP contribution in [0.5, 0.6) is 0 Å². The number of aryl methyl sites for hydroxylation is 1. The Kier molecular flexibility index (Phi) is 5.11. The van der Waals surface area contributed by atoms with Crippen LogP contribution in [0, 0.1) is 11.2 Å². The van der Waals surface area contributed by atoms with Crippen molar-refractivity contribution in [3.05, 3.63) is 58.9 Å². The van der Waals surface area contributed by atoms with Crippen molar-refractivity contribution in [1.82, 2.24) is 5.32 Å². The first-order chi connectivity index (χ1) is 11.9. The first kappa shape index (κ1) is 17.9. The molecule has 0 saturated carbocycles. The molecule has 1 amide bonds. The molecule has 2 N–H and O–H groups in total. The lowest BCUT2D eigenvalue weighted by Crippen LogP contribution is -2.32. The lowest BCUT2D eigenvalue weighted by atomic mass is 9.87. The van der Waals surface area contributed by atoms with Gasteiger partial charge in [0, 0.05) is 16.6 Å². The van der Waals surface area contributed by atoms with Gasteiger partial charge in [-0.25, -0.2) is 4.39 Å². The van der Waals surface area contributed by atoms with Crippen LogP contribution in [0.25, 0.3) is 11.1 Å². The molecule has 0 spiro atoms. The first-order valence-electron chi connectivity index (χ1n) is 8.37. The predicted octanol–water partition coefficient (Wildman–Crippen LogP) is 3.97. The summed E-state index contributed by atoms with van der Waals surface area (Å²) in [5.41, 5.74) is 1.73. The fourth-order valence-electron chi connectivity index (χ4n) is 3.27. The van der Waals surface area contributed by atoms with Crippen molar-refractivity contribution in [3.63, 3.8) is 0 Å². The highest BCUT2D eigenvalue weighted by atomic mass is 35.5. The second-order valence-electron chi connectivity index (χ2n) is 6.95. The SMILES string of the molecule is C[C@@]1(CO)C[C@@H](CCc2ccc(-c3cc(Cl)ccc3F)cc2)NC1=O. The summed E-state index contributed by atoms with van der Waals surface area (Å²) in [5, 5.41) is 12.8. The second kappa shape index (κ2) is 7.14. The highest BCUT2D eigenvalue weighted by Crippen LogP contribution is 2.31. The van der Waals surface area contributed by atoms with E-state index < -0.39 is 5.41 Å². The number of aliphatic hydroxyl groups excluding tert-OH is 1. The zero-order valence-corrected chi connectivity index (χ0v) is 14.8. The zero-order chi connectivity index (χ0) is 18.0. The quantitative estimate of drug-likeness (QED) is 0.846. The smallest absolute Gasteiger partial charge is 0.228 e. The molecule has 0 unspecified atom stereocenters. The van der Waals surface area contributed by atoms with E-state index in [9.17, 15) is 14.3 Å². The van der Waals surface area contributed by atoms with Gasteiger partial charge in [0.25, 0.3) is 0 Å². The molecule has 0 aromatic heterocycles. The van der Waals surface area contributed by atoms with Crippen molar-refractivity contribution in [2.45, 2.75) is 32.2 Å². The third-order valence-electron chi connectivity index (χ3n) is 4.90. The van der Waals surface area contributed by atoms with Crippen LogP contribution in [0.4, 0.5) is 4.39 Å². The Morgan fingerprint density at radius 3 is 2.64 bits per heavy atom. The third kappa shape index (κ3) is 3.86. The van der Waals surface area contributed by atoms with Crippen LogP contribution in [0.2, 0.25) is 5.02 Å². The summed E-state index contributed by atoms with van der Waals surface area (Å²) in [6.45, 7) is 1.66. The fraction of sp³-hybridized carbons (Fsp3) is 0.350. The highest BCUT2D eigenvalue weighted by molar-refractivity contribution is 6.30. The molecule has 5 heteroatoms. The molecule has 2 atom stereocenters. The molecule has 1 fully saturated rings. The summed E-state index contributed by atoms with van der Waals surface area (Å²) in [6.07, 6.45) is 2.27. The van der Waals surface area contributed by atoms with Crippen molar-refractivity contribution < 1.29 is 14.3 Å². The molecule has 1 aliphatic heterocycles. The monoisotopic (exact) mass is 361 g/mol. The molecule has 3 nitrogen and oxygen atoms in total. The largest absolute Gasteiger partial charge is 0.395 e. The molecule has 1 aliphatic rings. The maximum atomic E-state index is 13.9. The van der Waals surface area contributed by atoms with E-state index in [0.717, 1.165) is 24.0 Å². The summed E-state index contributed by atoms with van der Waals surface area (Å²) < 4.78 is 13.9. The van der Waals surface area contributed by atoms with Crippen LogP contribution in [-0.4, -0.2) is 23.7 Å². The Bertz CT molecular complexity index is 778. The Morgan fingerprint density at radius 2 is 2.00 bits per heavy atom. The average molecular weight is 362 g/mol. The van der Waals surface area contributed by atoms with Gasteiger partial charge in [0.1, 0.15) is 5.82 Å². The van der Waals surface area contributed by atoms with E-state index in [2.05, 4.69) is 5.32 Å². The summed E-state index contributed by atoms with van der Waals surface area (Å²) in [4.78, 5) is 11.9. The summed E-state index contributed by atoms with van der Waals surface area (Å²) in [5.74, 6) is -0.374. The van der Waals surface area contributed by atoms with E-state index in [1.54, 1.807) is 13.0 Å². The number of nitrogens with one attached hydrogen (secondary N) is 1. The minimum atomic E-state index is -0.668. The van der Waals surface area contributed by atoms with Crippen LogP contribution in [0.3, 0.4) is 0 Å². The van der Waals surface area contributed by atoms with Gasteiger partial charge < -0.3 is 10.4 Å². The van der Waals surface area contributed by atoms with Gasteiger partial charge in [-0.2, -0.15) is 0 Å². The first-order valence-corrected chi connectivity index (χ1v) is 8.75. The van der Waals surface area contributed by atoms with Crippen LogP contribution in [0.1, 0.15) is 25.3 Å². The van der Waals surface area contributed by atoms with Crippen LogP contribution < -0.4 is 5.32 Å². The molecule has 0 radical (unpaired) electrons. The van der Waals surface area contributed by atoms with Crippen molar-refractivity contribution in [3.8, 4) is 11.1 Å². The molecule has 1 heterocycles. The Balaban J connectivity index is 1.64. The predicted molar refractivity (Wildman–Crippen MR) is 96.9 cm³/mol. The third-order valence-corrected chi connectivity index (χ3v) is 5.14. The van der Waals surface area contributed by atoms with Gasteiger partial charge in [0.15, 0.2) is 0 Å². The maximum Gasteiger partial charge on any atom is 0.228 e. The lowest BCUT2D eigenvalue weighted by Gasteiger charge is -2.16. The van der Waals surface area contributed by atoms with E-state index in [1.807, 2.05) is 24.3 Å². The molecular weight excluding hydrogens is 341 g/mol. The number of halogens is 2. The van der Waals surface area contributed by atoms with Gasteiger partial charge in [0.2, 0.25) is 5.91 Å². The van der Waals surface area contributed by atoms with E-state index in [0.29, 0.717) is 17.0 Å². The van der Waals surface area contributed by atoms with Gasteiger partial charge >= 0.3 is 0 Å². The van der Waals surface area contributed by atoms with E-state index in [1.165, 1.54) is 12.1 Å². The Labute approximate surface area is 151 Å². The molecule has 0 bridgehead atoms. The van der Waals surface area contributed by atoms with E-state index >= 15 is 0 Å². The molecule has 0 aliphatic carbocycles. The highest BCUT2D eigenvalue weighted by Gasteiger charge is 2.41. The number of benzene rings is 2. The molecular formula is C20H21ClFNO2. The number of carbonyl (C=O) groups is 1. The van der Waals surface area contributed by atoms with Gasteiger partial charge in [-0.15, -0.1) is 0 Å². The summed E-state index contributed by atoms with van der Waals surface area (Å²) >= 11 is 5.95. The number of aliphatic hydroxyl groups is 1. The zero-order valence-electron chi connectivity index (χ0n) is 14.1. The maximum absolute atomic E-state index is 13.9. The van der Waals surface area contributed by atoms with Crippen molar-refractivity contribution >= 4 is 17.5 Å². The number of hydrogen-bond donors (Lipinski definition) is 2. The number of carbonyl (C=O) groups excluding carboxylic acids is 1. The normalized spacial score (nSPS) is 22.9. The molecule has 2 aromatic carbocycles. The Hall–Kier alpha value is -1.91. The van der Waals surface area contributed by atoms with Gasteiger partial charge in [-0.3, -0.25) is 4.79 Å². The molecule has 1 saturated heterocycles. The fourth-order valence-corrected chi connectivity index (χ4v) is 3.44. The van der Waals surface area contributed by atoms with Crippen LogP contribution >= 0.6 is 11.6 Å². The van der Waals surface area contributed by atoms with E-state index in [-0.39, 0.29) is 24.4 Å². The van der Waals surface area contributed by atoms with Crippen LogP contribution in [0.15, 0.2) is 42.5 Å². The molecule has 3 rings (SSSR count). The van der Waals surface area contributed by atoms with Gasteiger partial charge in [0.05, 0.1) is 12.0 Å². The average Bonchev–Trinajstić information content (AvgIpc) is 2.91. The number of amides is 1. The van der Waals surface area contributed by atoms with Crippen molar-refractivity contribution in [2.75, 3.05) is 6.61 Å². The Morgan fingerprint density at radius 1 is 1.28 bits per heavy atom.